The highest BCUT2D eigenvalue weighted by molar-refractivity contribution is 7.99. The van der Waals surface area contributed by atoms with E-state index in [0.29, 0.717) is 23.8 Å². The molecule has 1 atom stereocenters. The summed E-state index contributed by atoms with van der Waals surface area (Å²) in [6, 6.07) is 10.1. The number of anilines is 2. The molecule has 3 rings (SSSR count). The zero-order chi connectivity index (χ0) is 17.1. The molecule has 24 heavy (non-hydrogen) atoms. The summed E-state index contributed by atoms with van der Waals surface area (Å²) >= 11 is 1.56. The number of aryl methyl sites for hydroxylation is 1. The van der Waals surface area contributed by atoms with Gasteiger partial charge in [0.25, 0.3) is 0 Å². The Kier molecular flexibility index (Phi) is 4.89. The van der Waals surface area contributed by atoms with Crippen molar-refractivity contribution in [3.8, 4) is 0 Å². The highest BCUT2D eigenvalue weighted by Gasteiger charge is 2.29. The number of rotatable bonds is 5. The van der Waals surface area contributed by atoms with Gasteiger partial charge in [0, 0.05) is 24.3 Å². The minimum absolute atomic E-state index is 0.0122. The summed E-state index contributed by atoms with van der Waals surface area (Å²) in [6.07, 6.45) is 0.585. The van der Waals surface area contributed by atoms with E-state index in [-0.39, 0.29) is 17.7 Å². The third kappa shape index (κ3) is 3.62. The van der Waals surface area contributed by atoms with Gasteiger partial charge in [-0.3, -0.25) is 14.3 Å². The number of carbonyl (C=O) groups excluding carboxylic acids is 2. The number of amides is 2. The van der Waals surface area contributed by atoms with Gasteiger partial charge in [0.1, 0.15) is 5.82 Å². The van der Waals surface area contributed by atoms with Crippen molar-refractivity contribution in [2.45, 2.75) is 19.1 Å². The number of nitrogens with zero attached hydrogens (tertiary/aromatic N) is 2. The minimum Gasteiger partial charge on any atom is -0.310 e. The van der Waals surface area contributed by atoms with Gasteiger partial charge in [-0.1, -0.05) is 37.3 Å². The third-order valence-corrected chi connectivity index (χ3v) is 4.95. The second-order valence-corrected chi connectivity index (χ2v) is 6.91. The fourth-order valence-corrected chi connectivity index (χ4v) is 3.45. The molecule has 2 aromatic rings. The Morgan fingerprint density at radius 1 is 1.42 bits per heavy atom. The van der Waals surface area contributed by atoms with Crippen LogP contribution in [0.25, 0.3) is 0 Å². The maximum absolute atomic E-state index is 12.2. The van der Waals surface area contributed by atoms with Gasteiger partial charge in [-0.25, -0.2) is 0 Å². The molecule has 7 heteroatoms. The lowest BCUT2D eigenvalue weighted by atomic mass is 9.98. The quantitative estimate of drug-likeness (QED) is 0.873. The van der Waals surface area contributed by atoms with Crippen LogP contribution in [-0.2, 0) is 28.8 Å². The van der Waals surface area contributed by atoms with Crippen LogP contribution in [0.5, 0.6) is 0 Å². The zero-order valence-electron chi connectivity index (χ0n) is 13.7. The summed E-state index contributed by atoms with van der Waals surface area (Å²) in [5, 5.41) is 10.0. The summed E-state index contributed by atoms with van der Waals surface area (Å²) in [7, 11) is 1.76. The summed E-state index contributed by atoms with van der Waals surface area (Å²) in [5.74, 6) is 2.16. The predicted octanol–water partition coefficient (Wildman–Crippen LogP) is 2.42. The van der Waals surface area contributed by atoms with Crippen LogP contribution in [0.3, 0.4) is 0 Å². The average molecular weight is 344 g/mol. The van der Waals surface area contributed by atoms with Gasteiger partial charge >= 0.3 is 0 Å². The smallest absolute Gasteiger partial charge is 0.235 e. The van der Waals surface area contributed by atoms with Gasteiger partial charge in [0.2, 0.25) is 11.8 Å². The van der Waals surface area contributed by atoms with E-state index in [1.165, 1.54) is 5.56 Å². The van der Waals surface area contributed by atoms with Crippen LogP contribution < -0.4 is 10.6 Å². The number of hydrogen-bond acceptors (Lipinski definition) is 4. The van der Waals surface area contributed by atoms with Crippen molar-refractivity contribution in [2.24, 2.45) is 13.0 Å². The van der Waals surface area contributed by atoms with Crippen molar-refractivity contribution in [2.75, 3.05) is 16.4 Å². The van der Waals surface area contributed by atoms with Crippen LogP contribution in [0.2, 0.25) is 0 Å². The highest BCUT2D eigenvalue weighted by Crippen LogP contribution is 2.31. The first-order chi connectivity index (χ1) is 11.5. The number of nitrogens with one attached hydrogen (secondary N) is 2. The Hall–Kier alpha value is -2.28. The monoisotopic (exact) mass is 344 g/mol. The van der Waals surface area contributed by atoms with Crippen molar-refractivity contribution in [1.82, 2.24) is 9.78 Å². The van der Waals surface area contributed by atoms with E-state index in [0.717, 1.165) is 11.3 Å². The van der Waals surface area contributed by atoms with E-state index >= 15 is 0 Å². The summed E-state index contributed by atoms with van der Waals surface area (Å²) in [4.78, 5) is 23.9. The van der Waals surface area contributed by atoms with Crippen LogP contribution in [0.4, 0.5) is 11.6 Å². The molecule has 1 aromatic carbocycles. The summed E-state index contributed by atoms with van der Waals surface area (Å²) < 4.78 is 1.60. The molecular weight excluding hydrogens is 324 g/mol. The SMILES string of the molecule is C[C@@H]1Cc2c(NC(=O)CSCc3ccccc3)nn(C)c2NC1=O. The maximum atomic E-state index is 12.2. The molecule has 0 radical (unpaired) electrons. The first kappa shape index (κ1) is 16.6. The lowest BCUT2D eigenvalue weighted by Crippen LogP contribution is -2.28. The molecule has 0 bridgehead atoms. The number of thioether (sulfide) groups is 1. The molecule has 2 heterocycles. The van der Waals surface area contributed by atoms with Crippen molar-refractivity contribution >= 4 is 35.2 Å². The van der Waals surface area contributed by atoms with Crippen LogP contribution in [0.1, 0.15) is 18.1 Å². The van der Waals surface area contributed by atoms with Gasteiger partial charge in [-0.15, -0.1) is 11.8 Å². The molecule has 0 saturated heterocycles. The van der Waals surface area contributed by atoms with Gasteiger partial charge < -0.3 is 10.6 Å². The first-order valence-corrected chi connectivity index (χ1v) is 8.98. The molecule has 6 nitrogen and oxygen atoms in total. The predicted molar refractivity (Wildman–Crippen MR) is 95.9 cm³/mol. The summed E-state index contributed by atoms with van der Waals surface area (Å²) in [6.45, 7) is 1.87. The molecule has 1 aliphatic rings. The number of carbonyl (C=O) groups is 2. The number of aromatic nitrogens is 2. The van der Waals surface area contributed by atoms with E-state index < -0.39 is 0 Å². The van der Waals surface area contributed by atoms with E-state index in [1.54, 1.807) is 23.5 Å². The minimum atomic E-state index is -0.121. The molecule has 0 spiro atoms. The fourth-order valence-electron chi connectivity index (χ4n) is 2.66. The summed E-state index contributed by atoms with van der Waals surface area (Å²) in [5.41, 5.74) is 2.09. The fraction of sp³-hybridized carbons (Fsp3) is 0.353. The third-order valence-electron chi connectivity index (χ3n) is 3.95. The molecule has 0 aliphatic carbocycles. The van der Waals surface area contributed by atoms with Crippen molar-refractivity contribution < 1.29 is 9.59 Å². The molecular formula is C17H20N4O2S. The molecule has 2 N–H and O–H groups in total. The van der Waals surface area contributed by atoms with E-state index in [2.05, 4.69) is 15.7 Å². The molecule has 2 amide bonds. The van der Waals surface area contributed by atoms with E-state index in [1.807, 2.05) is 37.3 Å². The Bertz CT molecular complexity index is 757. The zero-order valence-corrected chi connectivity index (χ0v) is 14.5. The Labute approximate surface area is 145 Å². The van der Waals surface area contributed by atoms with Crippen molar-refractivity contribution in [3.63, 3.8) is 0 Å². The second-order valence-electron chi connectivity index (χ2n) is 5.92. The normalized spacial score (nSPS) is 16.4. The van der Waals surface area contributed by atoms with Crippen molar-refractivity contribution in [3.05, 3.63) is 41.5 Å². The number of fused-ring (bicyclic) bond motifs is 1. The van der Waals surface area contributed by atoms with Crippen molar-refractivity contribution in [1.29, 1.82) is 0 Å². The molecule has 1 aromatic heterocycles. The molecule has 126 valence electrons. The van der Waals surface area contributed by atoms with Crippen LogP contribution in [-0.4, -0.2) is 27.3 Å². The van der Waals surface area contributed by atoms with Gasteiger partial charge in [0.15, 0.2) is 5.82 Å². The topological polar surface area (TPSA) is 76.0 Å². The molecule has 0 unspecified atom stereocenters. The van der Waals surface area contributed by atoms with Crippen LogP contribution in [0.15, 0.2) is 30.3 Å². The van der Waals surface area contributed by atoms with Gasteiger partial charge in [-0.05, 0) is 12.0 Å². The van der Waals surface area contributed by atoms with E-state index in [4.69, 9.17) is 0 Å². The Balaban J connectivity index is 1.59. The highest BCUT2D eigenvalue weighted by atomic mass is 32.2. The molecule has 0 saturated carbocycles. The molecule has 0 fully saturated rings. The maximum Gasteiger partial charge on any atom is 0.235 e. The lowest BCUT2D eigenvalue weighted by molar-refractivity contribution is -0.119. The lowest BCUT2D eigenvalue weighted by Gasteiger charge is -2.19. The van der Waals surface area contributed by atoms with E-state index in [9.17, 15) is 9.59 Å². The molecule has 1 aliphatic heterocycles. The van der Waals surface area contributed by atoms with Gasteiger partial charge in [-0.2, -0.15) is 5.10 Å². The number of hydrogen-bond donors (Lipinski definition) is 2. The largest absolute Gasteiger partial charge is 0.310 e. The Morgan fingerprint density at radius 2 is 2.17 bits per heavy atom. The van der Waals surface area contributed by atoms with Crippen LogP contribution in [0, 0.1) is 5.92 Å². The Morgan fingerprint density at radius 3 is 2.92 bits per heavy atom. The second kappa shape index (κ2) is 7.09. The van der Waals surface area contributed by atoms with Crippen LogP contribution >= 0.6 is 11.8 Å². The van der Waals surface area contributed by atoms with Gasteiger partial charge in [0.05, 0.1) is 5.75 Å². The first-order valence-electron chi connectivity index (χ1n) is 7.83. The standard InChI is InChI=1S/C17H20N4O2S/c1-11-8-13-15(20-21(2)16(13)19-17(11)23)18-14(22)10-24-9-12-6-4-3-5-7-12/h3-7,11H,8-10H2,1-2H3,(H,19,23)(H,18,20,22)/t11-/m1/s1. The average Bonchev–Trinajstić information content (AvgIpc) is 2.84. The number of benzene rings is 1.